The second kappa shape index (κ2) is 7.77. The van der Waals surface area contributed by atoms with E-state index in [0.717, 1.165) is 50.5 Å². The predicted molar refractivity (Wildman–Crippen MR) is 141 cm³/mol. The van der Waals surface area contributed by atoms with Crippen LogP contribution in [0.2, 0.25) is 0 Å². The number of methoxy groups -OCH3 is 1. The summed E-state index contributed by atoms with van der Waals surface area (Å²) in [5, 5.41) is 2.27. The van der Waals surface area contributed by atoms with Gasteiger partial charge in [-0.15, -0.1) is 0 Å². The highest BCUT2D eigenvalue weighted by Gasteiger charge is 2.52. The number of para-hydroxylation sites is 2. The van der Waals surface area contributed by atoms with Crippen LogP contribution in [0.4, 0.5) is 17.1 Å². The first-order chi connectivity index (χ1) is 16.8. The maximum atomic E-state index is 6.38. The van der Waals surface area contributed by atoms with Crippen molar-refractivity contribution in [3.8, 4) is 17.2 Å². The summed E-state index contributed by atoms with van der Waals surface area (Å²) in [5.74, 6) is 2.43. The van der Waals surface area contributed by atoms with Crippen molar-refractivity contribution in [1.82, 2.24) is 0 Å². The van der Waals surface area contributed by atoms with E-state index >= 15 is 0 Å². The zero-order valence-electron chi connectivity index (χ0n) is 20.7. The van der Waals surface area contributed by atoms with Crippen molar-refractivity contribution >= 4 is 40.4 Å². The molecule has 0 aliphatic carbocycles. The average molecular weight is 465 g/mol. The first-order valence-corrected chi connectivity index (χ1v) is 11.9. The molecule has 176 valence electrons. The normalized spacial score (nSPS) is 17.6. The third-order valence-corrected chi connectivity index (χ3v) is 7.37. The average Bonchev–Trinajstić information content (AvgIpc) is 3.08. The number of anilines is 3. The lowest BCUT2D eigenvalue weighted by atomic mass is 9.79. The van der Waals surface area contributed by atoms with Gasteiger partial charge in [-0.1, -0.05) is 30.3 Å². The summed E-state index contributed by atoms with van der Waals surface area (Å²) >= 11 is 0. The fraction of sp³-hybridized carbons (Fsp3) is 0.241. The molecule has 35 heavy (non-hydrogen) atoms. The quantitative estimate of drug-likeness (QED) is 0.277. The molecule has 0 unspecified atom stereocenters. The van der Waals surface area contributed by atoms with Crippen LogP contribution in [0.1, 0.15) is 27.7 Å². The minimum Gasteiger partial charge on any atom is -0.497 e. The molecule has 1 saturated heterocycles. The van der Waals surface area contributed by atoms with E-state index < -0.39 is 18.3 Å². The van der Waals surface area contributed by atoms with Crippen molar-refractivity contribution in [3.63, 3.8) is 0 Å². The topological polar surface area (TPSA) is 40.2 Å². The summed E-state index contributed by atoms with van der Waals surface area (Å²) in [6.07, 6.45) is 0. The molecule has 0 saturated carbocycles. The molecule has 6 heteroatoms. The lowest BCUT2D eigenvalue weighted by Crippen LogP contribution is -2.41. The number of hydrogen-bond acceptors (Lipinski definition) is 5. The molecule has 4 aromatic rings. The molecular weight excluding hydrogens is 437 g/mol. The molecular formula is C29H28BNO4. The summed E-state index contributed by atoms with van der Waals surface area (Å²) in [4.78, 5) is 2.24. The number of nitrogens with zero attached hydrogens (tertiary/aromatic N) is 1. The van der Waals surface area contributed by atoms with E-state index in [1.54, 1.807) is 7.11 Å². The molecule has 0 radical (unpaired) electrons. The van der Waals surface area contributed by atoms with Gasteiger partial charge in [-0.3, -0.25) is 0 Å². The van der Waals surface area contributed by atoms with Crippen LogP contribution in [0.5, 0.6) is 17.2 Å². The van der Waals surface area contributed by atoms with Crippen LogP contribution in [0, 0.1) is 0 Å². The van der Waals surface area contributed by atoms with E-state index in [9.17, 15) is 0 Å². The Hall–Kier alpha value is -3.48. The third kappa shape index (κ3) is 3.56. The summed E-state index contributed by atoms with van der Waals surface area (Å²) < 4.78 is 24.4. The van der Waals surface area contributed by atoms with Crippen molar-refractivity contribution in [1.29, 1.82) is 0 Å². The zero-order valence-corrected chi connectivity index (χ0v) is 20.7. The Bertz CT molecular complexity index is 1430. The van der Waals surface area contributed by atoms with Crippen molar-refractivity contribution in [2.75, 3.05) is 12.0 Å². The molecule has 0 spiro atoms. The van der Waals surface area contributed by atoms with E-state index in [1.165, 1.54) is 0 Å². The molecule has 0 amide bonds. The first-order valence-electron chi connectivity index (χ1n) is 11.9. The molecule has 0 aromatic heterocycles. The molecule has 1 fully saturated rings. The number of benzene rings is 4. The van der Waals surface area contributed by atoms with Gasteiger partial charge in [0.05, 0.1) is 29.7 Å². The summed E-state index contributed by atoms with van der Waals surface area (Å²) in [6, 6.07) is 26.9. The summed E-state index contributed by atoms with van der Waals surface area (Å²) in [6.45, 7) is 8.26. The smallest absolute Gasteiger partial charge is 0.494 e. The molecule has 0 N–H and O–H groups in total. The van der Waals surface area contributed by atoms with Crippen LogP contribution in [-0.4, -0.2) is 25.4 Å². The van der Waals surface area contributed by atoms with Crippen LogP contribution < -0.4 is 19.8 Å². The van der Waals surface area contributed by atoms with Crippen molar-refractivity contribution in [2.24, 2.45) is 0 Å². The Morgan fingerprint density at radius 3 is 2.17 bits per heavy atom. The fourth-order valence-corrected chi connectivity index (χ4v) is 4.65. The number of rotatable bonds is 3. The van der Waals surface area contributed by atoms with Gasteiger partial charge in [-0.25, -0.2) is 0 Å². The second-order valence-corrected chi connectivity index (χ2v) is 10.1. The minimum atomic E-state index is -0.449. The SMILES string of the molecule is COc1ccc2cc(N3c4ccccc4Oc4cc(B5OC(C)(C)C(C)(C)O5)ccc43)ccc2c1. The summed E-state index contributed by atoms with van der Waals surface area (Å²) in [5.41, 5.74) is 3.16. The van der Waals surface area contributed by atoms with E-state index in [0.29, 0.717) is 0 Å². The number of fused-ring (bicyclic) bond motifs is 3. The predicted octanol–water partition coefficient (Wildman–Crippen LogP) is 6.72. The van der Waals surface area contributed by atoms with Gasteiger partial charge >= 0.3 is 7.12 Å². The lowest BCUT2D eigenvalue weighted by Gasteiger charge is -2.33. The fourth-order valence-electron chi connectivity index (χ4n) is 4.65. The van der Waals surface area contributed by atoms with Crippen LogP contribution in [0.3, 0.4) is 0 Å². The lowest BCUT2D eigenvalue weighted by molar-refractivity contribution is 0.00578. The van der Waals surface area contributed by atoms with Gasteiger partial charge in [0, 0.05) is 5.69 Å². The highest BCUT2D eigenvalue weighted by atomic mass is 16.7. The third-order valence-electron chi connectivity index (χ3n) is 7.37. The van der Waals surface area contributed by atoms with Crippen LogP contribution >= 0.6 is 0 Å². The Morgan fingerprint density at radius 2 is 1.40 bits per heavy atom. The maximum Gasteiger partial charge on any atom is 0.494 e. The van der Waals surface area contributed by atoms with Crippen molar-refractivity contribution < 1.29 is 18.8 Å². The van der Waals surface area contributed by atoms with Gasteiger partial charge in [0.1, 0.15) is 5.75 Å². The minimum absolute atomic E-state index is 0.402. The molecule has 2 aliphatic heterocycles. The maximum absolute atomic E-state index is 6.38. The first kappa shape index (κ1) is 22.0. The molecule has 4 aromatic carbocycles. The molecule has 2 heterocycles. The zero-order chi connectivity index (χ0) is 24.4. The van der Waals surface area contributed by atoms with Crippen LogP contribution in [0.25, 0.3) is 10.8 Å². The molecule has 0 bridgehead atoms. The number of hydrogen-bond donors (Lipinski definition) is 0. The van der Waals surface area contributed by atoms with E-state index in [2.05, 4.69) is 81.1 Å². The van der Waals surface area contributed by atoms with Gasteiger partial charge in [0.2, 0.25) is 0 Å². The molecule has 0 atom stereocenters. The Labute approximate surface area is 206 Å². The van der Waals surface area contributed by atoms with Gasteiger partial charge in [-0.05, 0) is 92.5 Å². The largest absolute Gasteiger partial charge is 0.497 e. The van der Waals surface area contributed by atoms with E-state index in [-0.39, 0.29) is 0 Å². The molecule has 2 aliphatic rings. The van der Waals surface area contributed by atoms with Crippen LogP contribution in [-0.2, 0) is 9.31 Å². The van der Waals surface area contributed by atoms with Crippen LogP contribution in [0.15, 0.2) is 78.9 Å². The standard InChI is InChI=1S/C29H28BNO4/c1-28(2)29(3,4)35-30(34-28)21-12-15-25-27(18-21)33-26-9-7-6-8-24(26)31(25)22-13-10-20-17-23(32-5)14-11-19(20)16-22/h6-18H,1-5H3. The Kier molecular flexibility index (Phi) is 4.89. The number of ether oxygens (including phenoxy) is 2. The molecule has 6 rings (SSSR count). The van der Waals surface area contributed by atoms with E-state index in [1.807, 2.05) is 30.3 Å². The van der Waals surface area contributed by atoms with E-state index in [4.69, 9.17) is 18.8 Å². The highest BCUT2D eigenvalue weighted by Crippen LogP contribution is 2.50. The monoisotopic (exact) mass is 465 g/mol. The van der Waals surface area contributed by atoms with Crippen molar-refractivity contribution in [3.05, 3.63) is 78.9 Å². The summed E-state index contributed by atoms with van der Waals surface area (Å²) in [7, 11) is 1.24. The van der Waals surface area contributed by atoms with Crippen molar-refractivity contribution in [2.45, 2.75) is 38.9 Å². The van der Waals surface area contributed by atoms with Gasteiger partial charge in [0.25, 0.3) is 0 Å². The Morgan fingerprint density at radius 1 is 0.714 bits per heavy atom. The van der Waals surface area contributed by atoms with Gasteiger partial charge in [-0.2, -0.15) is 0 Å². The van der Waals surface area contributed by atoms with Gasteiger partial charge < -0.3 is 23.7 Å². The Balaban J connectivity index is 1.44. The highest BCUT2D eigenvalue weighted by molar-refractivity contribution is 6.62. The molecule has 5 nitrogen and oxygen atoms in total. The van der Waals surface area contributed by atoms with Gasteiger partial charge in [0.15, 0.2) is 11.5 Å². The second-order valence-electron chi connectivity index (χ2n) is 10.1.